The van der Waals surface area contributed by atoms with Crippen LogP contribution in [0.2, 0.25) is 0 Å². The normalized spacial score (nSPS) is 12.5. The standard InChI is InChI=1S/C14H20N4O/c1-3-8-16-11(2)4-5-13-17-14(18-19-13)12-6-9-15-10-7-12/h6-7,9-11,16H,3-5,8H2,1-2H3. The fourth-order valence-corrected chi connectivity index (χ4v) is 1.81. The van der Waals surface area contributed by atoms with Crippen LogP contribution in [0.1, 0.15) is 32.6 Å². The minimum absolute atomic E-state index is 0.469. The average molecular weight is 260 g/mol. The first kappa shape index (κ1) is 13.7. The molecule has 0 aromatic carbocycles. The van der Waals surface area contributed by atoms with Gasteiger partial charge in [-0.2, -0.15) is 4.98 Å². The number of hydrogen-bond acceptors (Lipinski definition) is 5. The monoisotopic (exact) mass is 260 g/mol. The average Bonchev–Trinajstić information content (AvgIpc) is 2.93. The van der Waals surface area contributed by atoms with E-state index in [2.05, 4.69) is 34.3 Å². The van der Waals surface area contributed by atoms with Crippen LogP contribution in [0.4, 0.5) is 0 Å². The van der Waals surface area contributed by atoms with E-state index in [1.165, 1.54) is 0 Å². The molecular weight excluding hydrogens is 240 g/mol. The van der Waals surface area contributed by atoms with Crippen molar-refractivity contribution in [1.82, 2.24) is 20.4 Å². The molecule has 2 rings (SSSR count). The minimum atomic E-state index is 0.469. The van der Waals surface area contributed by atoms with E-state index >= 15 is 0 Å². The van der Waals surface area contributed by atoms with Gasteiger partial charge in [-0.15, -0.1) is 0 Å². The van der Waals surface area contributed by atoms with E-state index in [0.717, 1.165) is 31.4 Å². The van der Waals surface area contributed by atoms with E-state index in [1.807, 2.05) is 12.1 Å². The summed E-state index contributed by atoms with van der Waals surface area (Å²) in [5.41, 5.74) is 0.933. The summed E-state index contributed by atoms with van der Waals surface area (Å²) >= 11 is 0. The van der Waals surface area contributed by atoms with Crippen molar-refractivity contribution >= 4 is 0 Å². The van der Waals surface area contributed by atoms with Crippen LogP contribution in [0.15, 0.2) is 29.0 Å². The van der Waals surface area contributed by atoms with Gasteiger partial charge in [0, 0.05) is 30.4 Å². The fourth-order valence-electron chi connectivity index (χ4n) is 1.81. The number of aryl methyl sites for hydroxylation is 1. The van der Waals surface area contributed by atoms with Gasteiger partial charge in [0.05, 0.1) is 0 Å². The first-order chi connectivity index (χ1) is 9.29. The molecule has 1 N–H and O–H groups in total. The van der Waals surface area contributed by atoms with Gasteiger partial charge in [-0.25, -0.2) is 0 Å². The van der Waals surface area contributed by atoms with Gasteiger partial charge < -0.3 is 9.84 Å². The van der Waals surface area contributed by atoms with Gasteiger partial charge >= 0.3 is 0 Å². The molecule has 0 aliphatic carbocycles. The Balaban J connectivity index is 1.88. The highest BCUT2D eigenvalue weighted by atomic mass is 16.5. The maximum atomic E-state index is 5.26. The summed E-state index contributed by atoms with van der Waals surface area (Å²) in [6.07, 6.45) is 6.40. The zero-order valence-corrected chi connectivity index (χ0v) is 11.5. The van der Waals surface area contributed by atoms with Crippen LogP contribution >= 0.6 is 0 Å². The van der Waals surface area contributed by atoms with E-state index in [-0.39, 0.29) is 0 Å². The predicted octanol–water partition coefficient (Wildman–Crippen LogP) is 2.45. The molecule has 2 aromatic heterocycles. The molecule has 0 spiro atoms. The lowest BCUT2D eigenvalue weighted by molar-refractivity contribution is 0.367. The molecule has 0 aliphatic rings. The number of aromatic nitrogens is 3. The second kappa shape index (κ2) is 6.99. The van der Waals surface area contributed by atoms with E-state index in [1.54, 1.807) is 12.4 Å². The lowest BCUT2D eigenvalue weighted by atomic mass is 10.2. The molecule has 0 saturated heterocycles. The third kappa shape index (κ3) is 4.13. The molecule has 0 bridgehead atoms. The smallest absolute Gasteiger partial charge is 0.227 e. The summed E-state index contributed by atoms with van der Waals surface area (Å²) < 4.78 is 5.26. The molecule has 1 atom stereocenters. The third-order valence-electron chi connectivity index (χ3n) is 2.94. The van der Waals surface area contributed by atoms with Gasteiger partial charge in [0.15, 0.2) is 0 Å². The Labute approximate surface area is 113 Å². The molecule has 5 nitrogen and oxygen atoms in total. The highest BCUT2D eigenvalue weighted by molar-refractivity contribution is 5.52. The van der Waals surface area contributed by atoms with Crippen LogP contribution < -0.4 is 5.32 Å². The first-order valence-corrected chi connectivity index (χ1v) is 6.76. The van der Waals surface area contributed by atoms with Crippen molar-refractivity contribution in [2.24, 2.45) is 0 Å². The highest BCUT2D eigenvalue weighted by Gasteiger charge is 2.09. The summed E-state index contributed by atoms with van der Waals surface area (Å²) in [5, 5.41) is 7.44. The van der Waals surface area contributed by atoms with Gasteiger partial charge in [0.25, 0.3) is 0 Å². The molecular formula is C14H20N4O. The summed E-state index contributed by atoms with van der Waals surface area (Å²) in [4.78, 5) is 8.37. The second-order valence-corrected chi connectivity index (χ2v) is 4.64. The largest absolute Gasteiger partial charge is 0.339 e. The van der Waals surface area contributed by atoms with Crippen LogP contribution in [-0.2, 0) is 6.42 Å². The van der Waals surface area contributed by atoms with Crippen molar-refractivity contribution in [2.75, 3.05) is 6.54 Å². The number of hydrogen-bond donors (Lipinski definition) is 1. The van der Waals surface area contributed by atoms with Gasteiger partial charge in [0.1, 0.15) is 0 Å². The molecule has 0 fully saturated rings. The molecule has 2 aromatic rings. The Morgan fingerprint density at radius 3 is 2.84 bits per heavy atom. The molecule has 5 heteroatoms. The topological polar surface area (TPSA) is 63.8 Å². The van der Waals surface area contributed by atoms with Crippen LogP contribution in [-0.4, -0.2) is 27.7 Å². The van der Waals surface area contributed by atoms with Crippen LogP contribution in [0.3, 0.4) is 0 Å². The van der Waals surface area contributed by atoms with Crippen molar-refractivity contribution in [3.63, 3.8) is 0 Å². The second-order valence-electron chi connectivity index (χ2n) is 4.64. The Hall–Kier alpha value is -1.75. The van der Waals surface area contributed by atoms with Crippen molar-refractivity contribution in [1.29, 1.82) is 0 Å². The molecule has 0 radical (unpaired) electrons. The molecule has 0 amide bonds. The molecule has 19 heavy (non-hydrogen) atoms. The van der Waals surface area contributed by atoms with Crippen molar-refractivity contribution in [2.45, 2.75) is 39.2 Å². The van der Waals surface area contributed by atoms with Gasteiger partial charge in [-0.1, -0.05) is 12.1 Å². The SMILES string of the molecule is CCCNC(C)CCc1nc(-c2ccncc2)no1. The summed E-state index contributed by atoms with van der Waals surface area (Å²) in [6.45, 7) is 5.39. The molecule has 2 heterocycles. The molecule has 1 unspecified atom stereocenters. The third-order valence-corrected chi connectivity index (χ3v) is 2.94. The van der Waals surface area contributed by atoms with Crippen LogP contribution in [0, 0.1) is 0 Å². The first-order valence-electron chi connectivity index (χ1n) is 6.76. The van der Waals surface area contributed by atoms with Crippen LogP contribution in [0.5, 0.6) is 0 Å². The maximum absolute atomic E-state index is 5.26. The number of nitrogens with one attached hydrogen (secondary N) is 1. The fraction of sp³-hybridized carbons (Fsp3) is 0.500. The van der Waals surface area contributed by atoms with Crippen LogP contribution in [0.25, 0.3) is 11.4 Å². The highest BCUT2D eigenvalue weighted by Crippen LogP contribution is 2.14. The molecule has 102 valence electrons. The summed E-state index contributed by atoms with van der Waals surface area (Å²) in [6, 6.07) is 4.22. The Morgan fingerprint density at radius 2 is 2.11 bits per heavy atom. The Bertz CT molecular complexity index is 483. The zero-order chi connectivity index (χ0) is 13.5. The van der Waals surface area contributed by atoms with Gasteiger partial charge in [-0.3, -0.25) is 4.98 Å². The maximum Gasteiger partial charge on any atom is 0.227 e. The Kier molecular flexibility index (Phi) is 5.03. The number of pyridine rings is 1. The molecule has 0 aliphatic heterocycles. The lowest BCUT2D eigenvalue weighted by Crippen LogP contribution is -2.27. The van der Waals surface area contributed by atoms with Gasteiger partial charge in [0.2, 0.25) is 11.7 Å². The van der Waals surface area contributed by atoms with E-state index < -0.39 is 0 Å². The zero-order valence-electron chi connectivity index (χ0n) is 11.5. The van der Waals surface area contributed by atoms with Crippen molar-refractivity contribution < 1.29 is 4.52 Å². The Morgan fingerprint density at radius 1 is 1.32 bits per heavy atom. The van der Waals surface area contributed by atoms with Crippen molar-refractivity contribution in [3.05, 3.63) is 30.4 Å². The van der Waals surface area contributed by atoms with E-state index in [4.69, 9.17) is 4.52 Å². The predicted molar refractivity (Wildman–Crippen MR) is 73.6 cm³/mol. The van der Waals surface area contributed by atoms with Crippen molar-refractivity contribution in [3.8, 4) is 11.4 Å². The quantitative estimate of drug-likeness (QED) is 0.828. The van der Waals surface area contributed by atoms with E-state index in [0.29, 0.717) is 17.8 Å². The summed E-state index contributed by atoms with van der Waals surface area (Å²) in [7, 11) is 0. The van der Waals surface area contributed by atoms with Gasteiger partial charge in [-0.05, 0) is 38.4 Å². The lowest BCUT2D eigenvalue weighted by Gasteiger charge is -2.10. The molecule has 0 saturated carbocycles. The number of rotatable bonds is 7. The van der Waals surface area contributed by atoms with E-state index in [9.17, 15) is 0 Å². The number of nitrogens with zero attached hydrogens (tertiary/aromatic N) is 3. The minimum Gasteiger partial charge on any atom is -0.339 e. The summed E-state index contributed by atoms with van der Waals surface area (Å²) in [5.74, 6) is 1.32.